The number of benzene rings is 2. The Labute approximate surface area is 141 Å². The first-order valence-electron chi connectivity index (χ1n) is 7.32. The second kappa shape index (κ2) is 7.95. The molecule has 0 bridgehead atoms. The topological polar surface area (TPSA) is 25.2 Å². The van der Waals surface area contributed by atoms with Gasteiger partial charge in [0.15, 0.2) is 0 Å². The molecule has 4 heteroatoms. The Morgan fingerprint density at radius 3 is 2.39 bits per heavy atom. The summed E-state index contributed by atoms with van der Waals surface area (Å²) in [5.41, 5.74) is 2.98. The summed E-state index contributed by atoms with van der Waals surface area (Å²) in [6.07, 6.45) is 0. The first-order valence-corrected chi connectivity index (χ1v) is 7.32. The van der Waals surface area contributed by atoms with Crippen LogP contribution in [0.3, 0.4) is 0 Å². The van der Waals surface area contributed by atoms with Gasteiger partial charge >= 0.3 is 0 Å². The Balaban J connectivity index is 0.00000192. The van der Waals surface area contributed by atoms with Crippen molar-refractivity contribution >= 4 is 12.4 Å². The highest BCUT2D eigenvalue weighted by Crippen LogP contribution is 2.24. The van der Waals surface area contributed by atoms with Crippen molar-refractivity contribution in [3.8, 4) is 11.3 Å². The minimum absolute atomic E-state index is 0. The van der Waals surface area contributed by atoms with Gasteiger partial charge < -0.3 is 9.73 Å². The van der Waals surface area contributed by atoms with Crippen molar-refractivity contribution in [1.29, 1.82) is 0 Å². The molecule has 0 saturated carbocycles. The zero-order valence-electron chi connectivity index (χ0n) is 12.9. The normalized spacial score (nSPS) is 10.3. The molecule has 3 aromatic rings. The molecular weight excluding hydrogens is 313 g/mol. The molecule has 1 N–H and O–H groups in total. The van der Waals surface area contributed by atoms with Crippen LogP contribution >= 0.6 is 12.4 Å². The minimum Gasteiger partial charge on any atom is -0.460 e. The van der Waals surface area contributed by atoms with Crippen LogP contribution < -0.4 is 5.32 Å². The van der Waals surface area contributed by atoms with Crippen LogP contribution in [-0.4, -0.2) is 0 Å². The molecule has 3 rings (SSSR count). The summed E-state index contributed by atoms with van der Waals surface area (Å²) in [6, 6.07) is 18.7. The number of hydrogen-bond donors (Lipinski definition) is 1. The maximum absolute atomic E-state index is 13.7. The number of halogens is 2. The number of nitrogens with one attached hydrogen (secondary N) is 1. The molecule has 0 aliphatic heterocycles. The molecule has 0 spiro atoms. The fraction of sp³-hybridized carbons (Fsp3) is 0.158. The zero-order valence-corrected chi connectivity index (χ0v) is 13.7. The van der Waals surface area contributed by atoms with E-state index in [-0.39, 0.29) is 18.2 Å². The summed E-state index contributed by atoms with van der Waals surface area (Å²) in [5.74, 6) is 1.09. The summed E-state index contributed by atoms with van der Waals surface area (Å²) >= 11 is 0. The quantitative estimate of drug-likeness (QED) is 0.703. The van der Waals surface area contributed by atoms with Crippen molar-refractivity contribution in [3.05, 3.63) is 83.4 Å². The van der Waals surface area contributed by atoms with Crippen molar-refractivity contribution in [2.24, 2.45) is 0 Å². The predicted molar refractivity (Wildman–Crippen MR) is 93.1 cm³/mol. The molecule has 0 aliphatic carbocycles. The summed E-state index contributed by atoms with van der Waals surface area (Å²) in [4.78, 5) is 0. The van der Waals surface area contributed by atoms with Crippen LogP contribution in [-0.2, 0) is 13.1 Å². The minimum atomic E-state index is -0.268. The van der Waals surface area contributed by atoms with Crippen molar-refractivity contribution < 1.29 is 8.81 Å². The largest absolute Gasteiger partial charge is 0.460 e. The van der Waals surface area contributed by atoms with Gasteiger partial charge in [-0.3, -0.25) is 0 Å². The zero-order chi connectivity index (χ0) is 15.4. The van der Waals surface area contributed by atoms with Crippen LogP contribution in [0.4, 0.5) is 4.39 Å². The third kappa shape index (κ3) is 4.44. The maximum atomic E-state index is 13.7. The molecule has 1 aromatic heterocycles. The highest BCUT2D eigenvalue weighted by molar-refractivity contribution is 5.85. The van der Waals surface area contributed by atoms with E-state index in [1.54, 1.807) is 24.3 Å². The molecule has 0 saturated heterocycles. The molecule has 2 nitrogen and oxygen atoms in total. The summed E-state index contributed by atoms with van der Waals surface area (Å²) < 4.78 is 19.4. The molecule has 0 radical (unpaired) electrons. The van der Waals surface area contributed by atoms with Gasteiger partial charge in [0.1, 0.15) is 17.3 Å². The summed E-state index contributed by atoms with van der Waals surface area (Å²) in [7, 11) is 0. The lowest BCUT2D eigenvalue weighted by Gasteiger charge is -2.04. The molecule has 0 amide bonds. The van der Waals surface area contributed by atoms with Gasteiger partial charge in [-0.05, 0) is 36.8 Å². The van der Waals surface area contributed by atoms with Gasteiger partial charge in [-0.15, -0.1) is 12.4 Å². The van der Waals surface area contributed by atoms with E-state index in [4.69, 9.17) is 4.42 Å². The van der Waals surface area contributed by atoms with Gasteiger partial charge in [-0.1, -0.05) is 42.0 Å². The van der Waals surface area contributed by atoms with E-state index in [1.165, 1.54) is 17.2 Å². The SMILES string of the molecule is Cc1ccc(CNCc2ccc(-c3ccccc3F)o2)cc1.Cl. The second-order valence-corrected chi connectivity index (χ2v) is 5.33. The number of rotatable bonds is 5. The average Bonchev–Trinajstić information content (AvgIpc) is 2.98. The Hall–Kier alpha value is -2.10. The Bertz CT molecular complexity index is 752. The monoisotopic (exact) mass is 331 g/mol. The number of aryl methyl sites for hydroxylation is 1. The second-order valence-electron chi connectivity index (χ2n) is 5.33. The third-order valence-corrected chi connectivity index (χ3v) is 3.55. The van der Waals surface area contributed by atoms with Crippen LogP contribution in [0, 0.1) is 12.7 Å². The van der Waals surface area contributed by atoms with Crippen molar-refractivity contribution in [1.82, 2.24) is 5.32 Å². The van der Waals surface area contributed by atoms with Gasteiger partial charge in [0.25, 0.3) is 0 Å². The highest BCUT2D eigenvalue weighted by atomic mass is 35.5. The Kier molecular flexibility index (Phi) is 5.97. The average molecular weight is 332 g/mol. The van der Waals surface area contributed by atoms with E-state index in [2.05, 4.69) is 36.5 Å². The van der Waals surface area contributed by atoms with Gasteiger partial charge in [0.05, 0.1) is 12.1 Å². The number of furan rings is 1. The molecule has 0 atom stereocenters. The van der Waals surface area contributed by atoms with Crippen molar-refractivity contribution in [3.63, 3.8) is 0 Å². The summed E-state index contributed by atoms with van der Waals surface area (Å²) in [6.45, 7) is 3.46. The van der Waals surface area contributed by atoms with E-state index in [9.17, 15) is 4.39 Å². The molecular formula is C19H19ClFNO. The number of hydrogen-bond acceptors (Lipinski definition) is 2. The van der Waals surface area contributed by atoms with Crippen LogP contribution in [0.2, 0.25) is 0 Å². The smallest absolute Gasteiger partial charge is 0.137 e. The molecule has 0 fully saturated rings. The molecule has 1 heterocycles. The standard InChI is InChI=1S/C19H18FNO.ClH/c1-14-6-8-15(9-7-14)12-21-13-16-10-11-19(22-16)17-4-2-3-5-18(17)20;/h2-11,21H,12-13H2,1H3;1H. The van der Waals surface area contributed by atoms with E-state index in [0.717, 1.165) is 12.3 Å². The van der Waals surface area contributed by atoms with E-state index in [1.807, 2.05) is 6.07 Å². The van der Waals surface area contributed by atoms with Crippen LogP contribution in [0.1, 0.15) is 16.9 Å². The molecule has 23 heavy (non-hydrogen) atoms. The van der Waals surface area contributed by atoms with E-state index < -0.39 is 0 Å². The molecule has 2 aromatic carbocycles. The van der Waals surface area contributed by atoms with Crippen molar-refractivity contribution in [2.45, 2.75) is 20.0 Å². The molecule has 120 valence electrons. The van der Waals surface area contributed by atoms with Gasteiger partial charge in [-0.2, -0.15) is 0 Å². The van der Waals surface area contributed by atoms with Gasteiger partial charge in [0, 0.05) is 6.54 Å². The first kappa shape index (κ1) is 17.3. The first-order chi connectivity index (χ1) is 10.7. The summed E-state index contributed by atoms with van der Waals surface area (Å²) in [5, 5.41) is 3.33. The van der Waals surface area contributed by atoms with E-state index in [0.29, 0.717) is 17.9 Å². The van der Waals surface area contributed by atoms with Crippen LogP contribution in [0.15, 0.2) is 65.1 Å². The fourth-order valence-electron chi connectivity index (χ4n) is 2.31. The predicted octanol–water partition coefficient (Wildman–Crippen LogP) is 5.11. The third-order valence-electron chi connectivity index (χ3n) is 3.55. The lowest BCUT2D eigenvalue weighted by Crippen LogP contribution is -2.11. The maximum Gasteiger partial charge on any atom is 0.137 e. The van der Waals surface area contributed by atoms with Crippen LogP contribution in [0.25, 0.3) is 11.3 Å². The van der Waals surface area contributed by atoms with Gasteiger partial charge in [0.2, 0.25) is 0 Å². The van der Waals surface area contributed by atoms with E-state index >= 15 is 0 Å². The Morgan fingerprint density at radius 1 is 0.913 bits per heavy atom. The van der Waals surface area contributed by atoms with Gasteiger partial charge in [-0.25, -0.2) is 4.39 Å². The highest BCUT2D eigenvalue weighted by Gasteiger charge is 2.08. The molecule has 0 aliphatic rings. The lowest BCUT2D eigenvalue weighted by atomic mass is 10.1. The fourth-order valence-corrected chi connectivity index (χ4v) is 2.31. The lowest BCUT2D eigenvalue weighted by molar-refractivity contribution is 0.490. The molecule has 0 unspecified atom stereocenters. The Morgan fingerprint density at radius 2 is 1.65 bits per heavy atom. The van der Waals surface area contributed by atoms with Crippen molar-refractivity contribution in [2.75, 3.05) is 0 Å². The van der Waals surface area contributed by atoms with Crippen LogP contribution in [0.5, 0.6) is 0 Å².